The lowest BCUT2D eigenvalue weighted by molar-refractivity contribution is 0.0951. The van der Waals surface area contributed by atoms with Crippen molar-refractivity contribution in [2.75, 3.05) is 0 Å². The quantitative estimate of drug-likeness (QED) is 0.871. The summed E-state index contributed by atoms with van der Waals surface area (Å²) >= 11 is 0. The molecule has 2 aromatic rings. The van der Waals surface area contributed by atoms with E-state index in [-0.39, 0.29) is 5.91 Å². The molecular formula is C15H14N2O2. The van der Waals surface area contributed by atoms with E-state index in [0.717, 1.165) is 5.56 Å². The van der Waals surface area contributed by atoms with Gasteiger partial charge in [0, 0.05) is 17.7 Å². The number of amides is 2. The second kappa shape index (κ2) is 5.82. The van der Waals surface area contributed by atoms with Crippen molar-refractivity contribution in [2.45, 2.75) is 6.54 Å². The molecule has 3 N–H and O–H groups in total. The Bertz CT molecular complexity index is 594. The van der Waals surface area contributed by atoms with Gasteiger partial charge in [0.05, 0.1) is 0 Å². The van der Waals surface area contributed by atoms with Crippen molar-refractivity contribution in [2.24, 2.45) is 5.73 Å². The summed E-state index contributed by atoms with van der Waals surface area (Å²) in [7, 11) is 0. The van der Waals surface area contributed by atoms with Crippen LogP contribution in [0.4, 0.5) is 0 Å². The van der Waals surface area contributed by atoms with Crippen molar-refractivity contribution < 1.29 is 9.59 Å². The maximum absolute atomic E-state index is 11.9. The summed E-state index contributed by atoms with van der Waals surface area (Å²) < 4.78 is 0. The smallest absolute Gasteiger partial charge is 0.251 e. The predicted molar refractivity (Wildman–Crippen MR) is 72.6 cm³/mol. The molecule has 0 aliphatic rings. The lowest BCUT2D eigenvalue weighted by Crippen LogP contribution is -2.23. The van der Waals surface area contributed by atoms with Crippen LogP contribution in [0.1, 0.15) is 26.3 Å². The Balaban J connectivity index is 2.04. The fraction of sp³-hybridized carbons (Fsp3) is 0.0667. The van der Waals surface area contributed by atoms with E-state index < -0.39 is 5.91 Å². The normalized spacial score (nSPS) is 9.89. The van der Waals surface area contributed by atoms with Gasteiger partial charge < -0.3 is 11.1 Å². The Hall–Kier alpha value is -2.62. The monoisotopic (exact) mass is 254 g/mol. The average Bonchev–Trinajstić information content (AvgIpc) is 2.46. The number of hydrogen-bond donors (Lipinski definition) is 2. The number of nitrogens with two attached hydrogens (primary N) is 1. The van der Waals surface area contributed by atoms with Gasteiger partial charge in [-0.3, -0.25) is 9.59 Å². The van der Waals surface area contributed by atoms with Crippen LogP contribution >= 0.6 is 0 Å². The molecule has 96 valence electrons. The van der Waals surface area contributed by atoms with E-state index >= 15 is 0 Å². The minimum Gasteiger partial charge on any atom is -0.366 e. The third-order valence-electron chi connectivity index (χ3n) is 2.71. The maximum atomic E-state index is 11.9. The molecule has 0 heterocycles. The molecule has 0 saturated heterocycles. The molecule has 0 unspecified atom stereocenters. The lowest BCUT2D eigenvalue weighted by Gasteiger charge is -2.06. The van der Waals surface area contributed by atoms with Crippen molar-refractivity contribution in [1.29, 1.82) is 0 Å². The molecule has 4 nitrogen and oxygen atoms in total. The number of primary amides is 1. The topological polar surface area (TPSA) is 72.2 Å². The SMILES string of the molecule is NC(=O)c1cccc(C(=O)NCc2ccccc2)c1. The van der Waals surface area contributed by atoms with E-state index in [4.69, 9.17) is 5.73 Å². The Kier molecular flexibility index (Phi) is 3.93. The summed E-state index contributed by atoms with van der Waals surface area (Å²) in [5, 5.41) is 2.79. The van der Waals surface area contributed by atoms with Crippen LogP contribution in [0.3, 0.4) is 0 Å². The molecule has 0 fully saturated rings. The summed E-state index contributed by atoms with van der Waals surface area (Å²) in [4.78, 5) is 23.0. The van der Waals surface area contributed by atoms with Crippen molar-refractivity contribution >= 4 is 11.8 Å². The molecule has 2 amide bonds. The number of benzene rings is 2. The molecule has 0 bridgehead atoms. The van der Waals surface area contributed by atoms with Crippen LogP contribution in [0.2, 0.25) is 0 Å². The van der Waals surface area contributed by atoms with E-state index in [2.05, 4.69) is 5.32 Å². The Morgan fingerprint density at radius 2 is 1.63 bits per heavy atom. The highest BCUT2D eigenvalue weighted by molar-refractivity contribution is 5.99. The molecule has 2 rings (SSSR count). The first-order chi connectivity index (χ1) is 9.16. The molecule has 0 aliphatic carbocycles. The van der Waals surface area contributed by atoms with Crippen LogP contribution in [0.15, 0.2) is 54.6 Å². The number of hydrogen-bond acceptors (Lipinski definition) is 2. The van der Waals surface area contributed by atoms with Crippen molar-refractivity contribution in [3.8, 4) is 0 Å². The van der Waals surface area contributed by atoms with Crippen molar-refractivity contribution in [3.05, 3.63) is 71.3 Å². The van der Waals surface area contributed by atoms with Crippen LogP contribution in [-0.4, -0.2) is 11.8 Å². The van der Waals surface area contributed by atoms with Gasteiger partial charge in [-0.05, 0) is 23.8 Å². The van der Waals surface area contributed by atoms with Gasteiger partial charge in [0.25, 0.3) is 5.91 Å². The standard InChI is InChI=1S/C15H14N2O2/c16-14(18)12-7-4-8-13(9-12)15(19)17-10-11-5-2-1-3-6-11/h1-9H,10H2,(H2,16,18)(H,17,19). The second-order valence-electron chi connectivity index (χ2n) is 4.11. The van der Waals surface area contributed by atoms with Gasteiger partial charge in [-0.15, -0.1) is 0 Å². The fourth-order valence-electron chi connectivity index (χ4n) is 1.69. The van der Waals surface area contributed by atoms with E-state index in [1.54, 1.807) is 18.2 Å². The van der Waals surface area contributed by atoms with Gasteiger partial charge in [-0.2, -0.15) is 0 Å². The Morgan fingerprint density at radius 3 is 2.32 bits per heavy atom. The molecule has 0 saturated carbocycles. The molecule has 19 heavy (non-hydrogen) atoms. The van der Waals surface area contributed by atoms with Crippen molar-refractivity contribution in [3.63, 3.8) is 0 Å². The van der Waals surface area contributed by atoms with Gasteiger partial charge in [-0.1, -0.05) is 36.4 Å². The summed E-state index contributed by atoms with van der Waals surface area (Å²) in [6, 6.07) is 16.0. The van der Waals surface area contributed by atoms with Crippen molar-refractivity contribution in [1.82, 2.24) is 5.32 Å². The highest BCUT2D eigenvalue weighted by Crippen LogP contribution is 2.05. The summed E-state index contributed by atoms with van der Waals surface area (Å²) in [6.45, 7) is 0.445. The highest BCUT2D eigenvalue weighted by Gasteiger charge is 2.07. The van der Waals surface area contributed by atoms with Gasteiger partial charge >= 0.3 is 0 Å². The van der Waals surface area contributed by atoms with Gasteiger partial charge in [0.2, 0.25) is 5.91 Å². The van der Waals surface area contributed by atoms with Crippen LogP contribution < -0.4 is 11.1 Å². The number of nitrogens with one attached hydrogen (secondary N) is 1. The molecule has 0 atom stereocenters. The average molecular weight is 254 g/mol. The first-order valence-electron chi connectivity index (χ1n) is 5.89. The molecule has 0 spiro atoms. The minimum atomic E-state index is -0.544. The van der Waals surface area contributed by atoms with E-state index in [1.165, 1.54) is 6.07 Å². The third kappa shape index (κ3) is 3.42. The van der Waals surface area contributed by atoms with Crippen LogP contribution in [0, 0.1) is 0 Å². The molecule has 0 aliphatic heterocycles. The number of carbonyl (C=O) groups excluding carboxylic acids is 2. The molecule has 0 radical (unpaired) electrons. The largest absolute Gasteiger partial charge is 0.366 e. The zero-order chi connectivity index (χ0) is 13.7. The van der Waals surface area contributed by atoms with E-state index in [9.17, 15) is 9.59 Å². The summed E-state index contributed by atoms with van der Waals surface area (Å²) in [6.07, 6.45) is 0. The van der Waals surface area contributed by atoms with Gasteiger partial charge in [-0.25, -0.2) is 0 Å². The van der Waals surface area contributed by atoms with Crippen LogP contribution in [-0.2, 0) is 6.54 Å². The fourth-order valence-corrected chi connectivity index (χ4v) is 1.69. The Morgan fingerprint density at radius 1 is 0.947 bits per heavy atom. The number of carbonyl (C=O) groups is 2. The number of rotatable bonds is 4. The molecule has 0 aromatic heterocycles. The summed E-state index contributed by atoms with van der Waals surface area (Å²) in [5.74, 6) is -0.773. The molecule has 2 aromatic carbocycles. The third-order valence-corrected chi connectivity index (χ3v) is 2.71. The van der Waals surface area contributed by atoms with Crippen LogP contribution in [0.25, 0.3) is 0 Å². The maximum Gasteiger partial charge on any atom is 0.251 e. The second-order valence-corrected chi connectivity index (χ2v) is 4.11. The highest BCUT2D eigenvalue weighted by atomic mass is 16.2. The minimum absolute atomic E-state index is 0.230. The van der Waals surface area contributed by atoms with Crippen LogP contribution in [0.5, 0.6) is 0 Å². The Labute approximate surface area is 111 Å². The first kappa shape index (κ1) is 12.8. The van der Waals surface area contributed by atoms with E-state index in [0.29, 0.717) is 17.7 Å². The zero-order valence-corrected chi connectivity index (χ0v) is 10.3. The predicted octanol–water partition coefficient (Wildman–Crippen LogP) is 1.72. The van der Waals surface area contributed by atoms with Gasteiger partial charge in [0.1, 0.15) is 0 Å². The van der Waals surface area contributed by atoms with E-state index in [1.807, 2.05) is 30.3 Å². The molecular weight excluding hydrogens is 240 g/mol. The van der Waals surface area contributed by atoms with Gasteiger partial charge in [0.15, 0.2) is 0 Å². The zero-order valence-electron chi connectivity index (χ0n) is 10.3. The first-order valence-corrected chi connectivity index (χ1v) is 5.89. The molecule has 4 heteroatoms. The lowest BCUT2D eigenvalue weighted by atomic mass is 10.1. The summed E-state index contributed by atoms with van der Waals surface area (Å²) in [5.41, 5.74) is 6.94.